The standard InChI is InChI=1S/C18H18N2O/c21-16-6-5-11-9-12(16)10-20-8-7-14-13-3-1-2-4-15(13)19-17(14)18(11)20/h1-6,11-12,18-19H,7-10H2/t11-,12+,18-/m0/s1. The highest BCUT2D eigenvalue weighted by Gasteiger charge is 2.43. The third-order valence-electron chi connectivity index (χ3n) is 5.51. The molecule has 3 nitrogen and oxygen atoms in total. The van der Waals surface area contributed by atoms with E-state index in [1.807, 2.05) is 6.08 Å². The minimum atomic E-state index is 0.224. The van der Waals surface area contributed by atoms with Gasteiger partial charge in [-0.15, -0.1) is 0 Å². The van der Waals surface area contributed by atoms with Crippen LogP contribution in [-0.2, 0) is 11.2 Å². The van der Waals surface area contributed by atoms with E-state index in [0.717, 1.165) is 25.9 Å². The van der Waals surface area contributed by atoms with Crippen molar-refractivity contribution >= 4 is 16.7 Å². The number of carbonyl (C=O) groups is 1. The van der Waals surface area contributed by atoms with Crippen molar-refractivity contribution in [2.45, 2.75) is 18.9 Å². The number of allylic oxidation sites excluding steroid dienone is 1. The molecule has 0 spiro atoms. The Kier molecular flexibility index (Phi) is 2.28. The SMILES string of the molecule is O=C1C=C[C@H]2C[C@@H]1CN1CCc3c([nH]c4ccccc34)[C@H]21. The van der Waals surface area contributed by atoms with Gasteiger partial charge in [-0.05, 0) is 36.5 Å². The van der Waals surface area contributed by atoms with E-state index in [2.05, 4.69) is 40.2 Å². The molecule has 0 amide bonds. The molecule has 1 saturated heterocycles. The van der Waals surface area contributed by atoms with Crippen LogP contribution in [0.3, 0.4) is 0 Å². The average Bonchev–Trinajstić information content (AvgIpc) is 2.89. The summed E-state index contributed by atoms with van der Waals surface area (Å²) in [5, 5.41) is 1.38. The zero-order chi connectivity index (χ0) is 14.0. The molecule has 2 aromatic rings. The number of nitrogens with zero attached hydrogens (tertiary/aromatic N) is 1. The smallest absolute Gasteiger partial charge is 0.159 e. The molecular formula is C18H18N2O. The topological polar surface area (TPSA) is 36.1 Å². The van der Waals surface area contributed by atoms with Crippen LogP contribution in [0.15, 0.2) is 36.4 Å². The second-order valence-corrected chi connectivity index (χ2v) is 6.61. The van der Waals surface area contributed by atoms with Crippen LogP contribution in [0.1, 0.15) is 23.7 Å². The van der Waals surface area contributed by atoms with Gasteiger partial charge < -0.3 is 4.98 Å². The van der Waals surface area contributed by atoms with Gasteiger partial charge in [0, 0.05) is 35.6 Å². The van der Waals surface area contributed by atoms with Crippen LogP contribution in [0.25, 0.3) is 10.9 Å². The Balaban J connectivity index is 1.68. The number of hydrogen-bond donors (Lipinski definition) is 1. The summed E-state index contributed by atoms with van der Waals surface area (Å²) in [4.78, 5) is 18.1. The van der Waals surface area contributed by atoms with E-state index < -0.39 is 0 Å². The summed E-state index contributed by atoms with van der Waals surface area (Å²) >= 11 is 0. The number of aromatic nitrogens is 1. The van der Waals surface area contributed by atoms with Crippen molar-refractivity contribution in [3.63, 3.8) is 0 Å². The lowest BCUT2D eigenvalue weighted by atomic mass is 9.74. The van der Waals surface area contributed by atoms with Gasteiger partial charge in [-0.25, -0.2) is 0 Å². The van der Waals surface area contributed by atoms with Gasteiger partial charge in [0.2, 0.25) is 0 Å². The molecule has 106 valence electrons. The highest BCUT2D eigenvalue weighted by Crippen LogP contribution is 2.45. The number of carbonyl (C=O) groups excluding carboxylic acids is 1. The Morgan fingerprint density at radius 3 is 3.10 bits per heavy atom. The highest BCUT2D eigenvalue weighted by atomic mass is 16.1. The summed E-state index contributed by atoms with van der Waals surface area (Å²) in [6.45, 7) is 2.01. The highest BCUT2D eigenvalue weighted by molar-refractivity contribution is 5.93. The summed E-state index contributed by atoms with van der Waals surface area (Å²) < 4.78 is 0. The van der Waals surface area contributed by atoms with Crippen LogP contribution >= 0.6 is 0 Å². The van der Waals surface area contributed by atoms with Gasteiger partial charge in [-0.1, -0.05) is 24.3 Å². The normalized spacial score (nSPS) is 31.2. The van der Waals surface area contributed by atoms with Crippen molar-refractivity contribution in [3.8, 4) is 0 Å². The summed E-state index contributed by atoms with van der Waals surface area (Å²) in [7, 11) is 0. The summed E-state index contributed by atoms with van der Waals surface area (Å²) in [5.41, 5.74) is 4.14. The third kappa shape index (κ3) is 1.55. The number of piperidine rings is 1. The van der Waals surface area contributed by atoms with Crippen molar-refractivity contribution in [2.24, 2.45) is 11.8 Å². The number of para-hydroxylation sites is 1. The number of benzene rings is 1. The molecule has 1 fully saturated rings. The first kappa shape index (κ1) is 11.8. The first-order chi connectivity index (χ1) is 10.3. The van der Waals surface area contributed by atoms with Gasteiger partial charge in [0.1, 0.15) is 0 Å². The van der Waals surface area contributed by atoms with Gasteiger partial charge in [0.15, 0.2) is 5.78 Å². The van der Waals surface area contributed by atoms with E-state index in [4.69, 9.17) is 0 Å². The van der Waals surface area contributed by atoms with Gasteiger partial charge in [0.25, 0.3) is 0 Å². The Hall–Kier alpha value is -1.87. The Bertz CT molecular complexity index is 773. The van der Waals surface area contributed by atoms with Crippen molar-refractivity contribution in [1.82, 2.24) is 9.88 Å². The van der Waals surface area contributed by atoms with Gasteiger partial charge in [-0.2, -0.15) is 0 Å². The molecule has 1 aromatic carbocycles. The lowest BCUT2D eigenvalue weighted by Crippen LogP contribution is -2.49. The van der Waals surface area contributed by atoms with E-state index in [9.17, 15) is 4.79 Å². The van der Waals surface area contributed by atoms with Crippen LogP contribution in [0.2, 0.25) is 0 Å². The molecule has 3 atom stereocenters. The fourth-order valence-electron chi connectivity index (χ4n) is 4.57. The fraction of sp³-hybridized carbons (Fsp3) is 0.389. The van der Waals surface area contributed by atoms with E-state index in [0.29, 0.717) is 17.7 Å². The molecule has 21 heavy (non-hydrogen) atoms. The molecule has 5 rings (SSSR count). The fourth-order valence-corrected chi connectivity index (χ4v) is 4.57. The number of ketones is 1. The molecule has 1 aromatic heterocycles. The second-order valence-electron chi connectivity index (χ2n) is 6.61. The quantitative estimate of drug-likeness (QED) is 0.804. The van der Waals surface area contributed by atoms with Crippen LogP contribution < -0.4 is 0 Å². The molecule has 3 heteroatoms. The van der Waals surface area contributed by atoms with Crippen molar-refractivity contribution in [1.29, 1.82) is 0 Å². The molecule has 1 N–H and O–H groups in total. The maximum atomic E-state index is 11.9. The maximum Gasteiger partial charge on any atom is 0.159 e. The van der Waals surface area contributed by atoms with Crippen molar-refractivity contribution in [2.75, 3.05) is 13.1 Å². The molecule has 3 heterocycles. The molecule has 2 aliphatic heterocycles. The Labute approximate surface area is 123 Å². The first-order valence-corrected chi connectivity index (χ1v) is 7.87. The number of hydrogen-bond acceptors (Lipinski definition) is 2. The molecule has 0 radical (unpaired) electrons. The van der Waals surface area contributed by atoms with Crippen LogP contribution in [0, 0.1) is 11.8 Å². The number of fused-ring (bicyclic) bond motifs is 8. The largest absolute Gasteiger partial charge is 0.357 e. The van der Waals surface area contributed by atoms with E-state index in [1.54, 1.807) is 0 Å². The lowest BCUT2D eigenvalue weighted by Gasteiger charge is -2.47. The molecule has 0 saturated carbocycles. The maximum absolute atomic E-state index is 11.9. The third-order valence-corrected chi connectivity index (χ3v) is 5.51. The minimum absolute atomic E-state index is 0.224. The van der Waals surface area contributed by atoms with Gasteiger partial charge in [0.05, 0.1) is 6.04 Å². The van der Waals surface area contributed by atoms with Gasteiger partial charge in [-0.3, -0.25) is 9.69 Å². The zero-order valence-corrected chi connectivity index (χ0v) is 11.9. The summed E-state index contributed by atoms with van der Waals surface area (Å²) in [5.74, 6) is 1.03. The monoisotopic (exact) mass is 278 g/mol. The van der Waals surface area contributed by atoms with Gasteiger partial charge >= 0.3 is 0 Å². The van der Waals surface area contributed by atoms with Crippen LogP contribution in [0.4, 0.5) is 0 Å². The van der Waals surface area contributed by atoms with E-state index in [-0.39, 0.29) is 5.92 Å². The second kappa shape index (κ2) is 4.08. The van der Waals surface area contributed by atoms with Crippen LogP contribution in [-0.4, -0.2) is 28.8 Å². The number of nitrogens with one attached hydrogen (secondary N) is 1. The Morgan fingerprint density at radius 2 is 2.14 bits per heavy atom. The summed E-state index contributed by atoms with van der Waals surface area (Å²) in [6.07, 6.45) is 6.09. The van der Waals surface area contributed by atoms with E-state index >= 15 is 0 Å². The van der Waals surface area contributed by atoms with Crippen molar-refractivity contribution in [3.05, 3.63) is 47.7 Å². The predicted molar refractivity (Wildman–Crippen MR) is 82.1 cm³/mol. The average molecular weight is 278 g/mol. The zero-order valence-electron chi connectivity index (χ0n) is 11.9. The minimum Gasteiger partial charge on any atom is -0.357 e. The molecule has 1 aliphatic carbocycles. The Morgan fingerprint density at radius 1 is 1.24 bits per heavy atom. The number of H-pyrrole nitrogens is 1. The number of aromatic amines is 1. The lowest BCUT2D eigenvalue weighted by molar-refractivity contribution is -0.122. The van der Waals surface area contributed by atoms with E-state index in [1.165, 1.54) is 22.2 Å². The predicted octanol–water partition coefficient (Wildman–Crippen LogP) is 2.84. The first-order valence-electron chi connectivity index (χ1n) is 7.87. The van der Waals surface area contributed by atoms with Crippen molar-refractivity contribution < 1.29 is 4.79 Å². The summed E-state index contributed by atoms with van der Waals surface area (Å²) in [6, 6.07) is 9.05. The number of rotatable bonds is 0. The van der Waals surface area contributed by atoms with Crippen LogP contribution in [0.5, 0.6) is 0 Å². The molecule has 3 aliphatic rings. The molecule has 0 unspecified atom stereocenters. The molecular weight excluding hydrogens is 260 g/mol. The molecule has 2 bridgehead atoms.